The number of aliphatic imine (C=N–C) groups is 1. The molecule has 1 aliphatic heterocycles. The molecule has 0 atom stereocenters. The normalized spacial score (nSPS) is 15.5. The summed E-state index contributed by atoms with van der Waals surface area (Å²) in [5.41, 5.74) is 3.27. The van der Waals surface area contributed by atoms with Crippen LogP contribution in [0.15, 0.2) is 99.4 Å². The second-order valence-corrected chi connectivity index (χ2v) is 11.0. The van der Waals surface area contributed by atoms with Crippen LogP contribution in [0.5, 0.6) is 0 Å². The van der Waals surface area contributed by atoms with Crippen LogP contribution in [0.1, 0.15) is 11.3 Å². The summed E-state index contributed by atoms with van der Waals surface area (Å²) < 4.78 is 6.00. The van der Waals surface area contributed by atoms with Gasteiger partial charge in [-0.3, -0.25) is 19.8 Å². The highest BCUT2D eigenvalue weighted by Gasteiger charge is 2.33. The number of nitrogens with zero attached hydrogens (tertiary/aromatic N) is 3. The molecule has 0 unspecified atom stereocenters. The monoisotopic (exact) mass is 602 g/mol. The topological polar surface area (TPSA) is 105 Å². The molecule has 41 heavy (non-hydrogen) atoms. The van der Waals surface area contributed by atoms with E-state index in [-0.39, 0.29) is 11.6 Å². The molecule has 1 fully saturated rings. The number of rotatable bonds is 7. The quantitative estimate of drug-likeness (QED) is 0.114. The van der Waals surface area contributed by atoms with Crippen molar-refractivity contribution in [3.8, 4) is 11.3 Å². The Hall–Kier alpha value is -4.31. The Morgan fingerprint density at radius 1 is 1.05 bits per heavy atom. The van der Waals surface area contributed by atoms with Crippen molar-refractivity contribution in [3.05, 3.63) is 121 Å². The molecule has 2 aromatic heterocycles. The number of carbonyl (C=O) groups excluding carboxylic acids is 1. The van der Waals surface area contributed by atoms with E-state index < -0.39 is 4.92 Å². The summed E-state index contributed by atoms with van der Waals surface area (Å²) >= 11 is 13.6. The zero-order valence-corrected chi connectivity index (χ0v) is 23.5. The van der Waals surface area contributed by atoms with Gasteiger partial charge in [-0.2, -0.15) is 0 Å². The van der Waals surface area contributed by atoms with Crippen molar-refractivity contribution in [1.29, 1.82) is 0 Å². The number of nitro groups is 1. The molecule has 3 heterocycles. The summed E-state index contributed by atoms with van der Waals surface area (Å²) in [5.74, 6) is 0.818. The van der Waals surface area contributed by atoms with Gasteiger partial charge in [-0.1, -0.05) is 41.4 Å². The molecule has 5 aromatic rings. The zero-order valence-electron chi connectivity index (χ0n) is 21.2. The van der Waals surface area contributed by atoms with E-state index in [9.17, 15) is 14.9 Å². The van der Waals surface area contributed by atoms with E-state index in [0.29, 0.717) is 55.9 Å². The van der Waals surface area contributed by atoms with E-state index in [2.05, 4.69) is 9.98 Å². The van der Waals surface area contributed by atoms with Gasteiger partial charge in [-0.15, -0.1) is 0 Å². The maximum Gasteiger partial charge on any atom is 0.269 e. The molecule has 204 valence electrons. The summed E-state index contributed by atoms with van der Waals surface area (Å²) in [4.78, 5) is 34.2. The number of thioether (sulfide) groups is 1. The van der Waals surface area contributed by atoms with E-state index >= 15 is 0 Å². The number of nitrogens with one attached hydrogen (secondary N) is 1. The van der Waals surface area contributed by atoms with Crippen molar-refractivity contribution in [2.24, 2.45) is 4.99 Å². The van der Waals surface area contributed by atoms with Gasteiger partial charge in [0.05, 0.1) is 20.5 Å². The maximum atomic E-state index is 13.6. The maximum absolute atomic E-state index is 13.6. The minimum absolute atomic E-state index is 0.0321. The fraction of sp³-hybridized carbons (Fsp3) is 0.0667. The number of para-hydroxylation sites is 1. The number of hydrogen-bond acceptors (Lipinski definition) is 6. The van der Waals surface area contributed by atoms with Gasteiger partial charge < -0.3 is 9.40 Å². The molecule has 11 heteroatoms. The second-order valence-electron chi connectivity index (χ2n) is 9.17. The van der Waals surface area contributed by atoms with Gasteiger partial charge in [-0.25, -0.2) is 4.99 Å². The minimum atomic E-state index is -0.464. The Morgan fingerprint density at radius 3 is 2.63 bits per heavy atom. The van der Waals surface area contributed by atoms with Crippen LogP contribution in [-0.2, 0) is 11.2 Å². The minimum Gasteiger partial charge on any atom is -0.457 e. The Kier molecular flexibility index (Phi) is 7.40. The average Bonchev–Trinajstić information content (AvgIpc) is 3.66. The molecular weight excluding hydrogens is 583 g/mol. The lowest BCUT2D eigenvalue weighted by Gasteiger charge is -2.15. The first-order valence-electron chi connectivity index (χ1n) is 12.5. The largest absolute Gasteiger partial charge is 0.457 e. The van der Waals surface area contributed by atoms with Gasteiger partial charge in [0.25, 0.3) is 11.6 Å². The number of furan rings is 1. The lowest BCUT2D eigenvalue weighted by molar-refractivity contribution is -0.384. The molecule has 0 aliphatic carbocycles. The van der Waals surface area contributed by atoms with Gasteiger partial charge in [0.15, 0.2) is 5.17 Å². The third-order valence-electron chi connectivity index (χ3n) is 6.55. The fourth-order valence-corrected chi connectivity index (χ4v) is 6.02. The van der Waals surface area contributed by atoms with Gasteiger partial charge >= 0.3 is 0 Å². The van der Waals surface area contributed by atoms with Crippen LogP contribution >= 0.6 is 35.0 Å². The molecule has 3 aromatic carbocycles. The number of carbonyl (C=O) groups is 1. The van der Waals surface area contributed by atoms with Gasteiger partial charge in [0, 0.05) is 52.4 Å². The zero-order chi connectivity index (χ0) is 28.5. The van der Waals surface area contributed by atoms with Crippen molar-refractivity contribution < 1.29 is 14.1 Å². The van der Waals surface area contributed by atoms with Crippen LogP contribution < -0.4 is 0 Å². The highest BCUT2D eigenvalue weighted by Crippen LogP contribution is 2.37. The van der Waals surface area contributed by atoms with Crippen molar-refractivity contribution >= 4 is 74.4 Å². The standard InChI is InChI=1S/C30H20Cl2N4O4S/c31-19-5-11-24(25(32)15-19)27-12-10-22(40-27)16-28-29(37)35(14-13-18-17-33-26-4-2-1-3-23(18)26)30(41-28)34-20-6-8-21(9-7-20)36(38)39/h1-12,15-17,33H,13-14H2/b28-16+,34-30?. The molecule has 0 radical (unpaired) electrons. The van der Waals surface area contributed by atoms with Crippen molar-refractivity contribution in [2.45, 2.75) is 6.42 Å². The van der Waals surface area contributed by atoms with Crippen LogP contribution in [0.3, 0.4) is 0 Å². The number of aromatic nitrogens is 1. The molecular formula is C30H20Cl2N4O4S. The number of amides is 1. The van der Waals surface area contributed by atoms with Gasteiger partial charge in [0.2, 0.25) is 0 Å². The molecule has 0 bridgehead atoms. The van der Waals surface area contributed by atoms with Crippen molar-refractivity contribution in [1.82, 2.24) is 9.88 Å². The van der Waals surface area contributed by atoms with Crippen molar-refractivity contribution in [2.75, 3.05) is 6.54 Å². The number of aromatic amines is 1. The van der Waals surface area contributed by atoms with E-state index in [1.165, 1.54) is 23.9 Å². The number of hydrogen-bond donors (Lipinski definition) is 1. The summed E-state index contributed by atoms with van der Waals surface area (Å²) in [6.45, 7) is 0.390. The summed E-state index contributed by atoms with van der Waals surface area (Å²) in [7, 11) is 0. The van der Waals surface area contributed by atoms with Crippen LogP contribution in [0.2, 0.25) is 10.0 Å². The predicted octanol–water partition coefficient (Wildman–Crippen LogP) is 8.49. The number of benzene rings is 3. The third kappa shape index (κ3) is 5.65. The van der Waals surface area contributed by atoms with Crippen LogP contribution in [0.4, 0.5) is 11.4 Å². The predicted molar refractivity (Wildman–Crippen MR) is 164 cm³/mol. The van der Waals surface area contributed by atoms with Crippen molar-refractivity contribution in [3.63, 3.8) is 0 Å². The number of halogens is 2. The number of H-pyrrole nitrogens is 1. The summed E-state index contributed by atoms with van der Waals surface area (Å²) in [5, 5.41) is 13.6. The lowest BCUT2D eigenvalue weighted by atomic mass is 10.1. The molecule has 1 aliphatic rings. The van der Waals surface area contributed by atoms with Gasteiger partial charge in [-0.05, 0) is 72.3 Å². The van der Waals surface area contributed by atoms with Crippen LogP contribution in [-0.4, -0.2) is 32.4 Å². The molecule has 1 amide bonds. The molecule has 0 saturated carbocycles. The first-order chi connectivity index (χ1) is 19.9. The SMILES string of the molecule is O=C1/C(=C\c2ccc(-c3ccc(Cl)cc3Cl)o2)SC(=Nc2ccc([N+](=O)[O-])cc2)N1CCc1c[nH]c2ccccc12. The number of non-ortho nitro benzene ring substituents is 1. The van der Waals surface area contributed by atoms with Crippen LogP contribution in [0.25, 0.3) is 28.3 Å². The molecule has 8 nitrogen and oxygen atoms in total. The first-order valence-corrected chi connectivity index (χ1v) is 14.1. The van der Waals surface area contributed by atoms with E-state index in [1.807, 2.05) is 30.5 Å². The molecule has 6 rings (SSSR count). The highest BCUT2D eigenvalue weighted by molar-refractivity contribution is 8.18. The first kappa shape index (κ1) is 26.9. The smallest absolute Gasteiger partial charge is 0.269 e. The third-order valence-corrected chi connectivity index (χ3v) is 8.10. The Morgan fingerprint density at radius 2 is 1.85 bits per heavy atom. The van der Waals surface area contributed by atoms with E-state index in [4.69, 9.17) is 27.6 Å². The Labute approximate surface area is 248 Å². The number of nitro benzene ring substituents is 1. The van der Waals surface area contributed by atoms with Crippen LogP contribution in [0, 0.1) is 10.1 Å². The number of fused-ring (bicyclic) bond motifs is 1. The highest BCUT2D eigenvalue weighted by atomic mass is 35.5. The Bertz CT molecular complexity index is 1860. The fourth-order valence-electron chi connectivity index (χ4n) is 4.51. The van der Waals surface area contributed by atoms with E-state index in [0.717, 1.165) is 16.5 Å². The second kappa shape index (κ2) is 11.3. The molecule has 1 N–H and O–H groups in total. The molecule has 0 spiro atoms. The lowest BCUT2D eigenvalue weighted by Crippen LogP contribution is -2.31. The molecule has 1 saturated heterocycles. The Balaban J connectivity index is 1.30. The van der Waals surface area contributed by atoms with E-state index in [1.54, 1.807) is 53.4 Å². The summed E-state index contributed by atoms with van der Waals surface area (Å²) in [6, 6.07) is 22.6. The number of amidine groups is 1. The average molecular weight is 603 g/mol. The summed E-state index contributed by atoms with van der Waals surface area (Å²) in [6.07, 6.45) is 4.23. The van der Waals surface area contributed by atoms with Gasteiger partial charge in [0.1, 0.15) is 11.5 Å².